The number of rotatable bonds is 9. The van der Waals surface area contributed by atoms with Crippen molar-refractivity contribution in [3.63, 3.8) is 0 Å². The molecule has 0 aliphatic heterocycles. The van der Waals surface area contributed by atoms with Crippen molar-refractivity contribution in [3.8, 4) is 5.75 Å². The van der Waals surface area contributed by atoms with Crippen molar-refractivity contribution >= 4 is 35.0 Å². The molecule has 2 rings (SSSR count). The van der Waals surface area contributed by atoms with Crippen LogP contribution in [0.3, 0.4) is 0 Å². The van der Waals surface area contributed by atoms with Crippen LogP contribution in [0, 0.1) is 19.8 Å². The lowest BCUT2D eigenvalue weighted by molar-refractivity contribution is -0.142. The zero-order chi connectivity index (χ0) is 23.1. The van der Waals surface area contributed by atoms with Crippen molar-refractivity contribution in [3.05, 3.63) is 63.1 Å². The first-order valence-electron chi connectivity index (χ1n) is 10.3. The number of ether oxygens (including phenoxy) is 1. The van der Waals surface area contributed by atoms with Crippen LogP contribution in [0.5, 0.6) is 5.75 Å². The fraction of sp³-hybridized carbons (Fsp3) is 0.417. The minimum absolute atomic E-state index is 0.202. The lowest BCUT2D eigenvalue weighted by Gasteiger charge is -2.29. The van der Waals surface area contributed by atoms with Gasteiger partial charge in [-0.25, -0.2) is 0 Å². The molecule has 0 fully saturated rings. The number of carbonyl (C=O) groups is 2. The van der Waals surface area contributed by atoms with Crippen LogP contribution in [-0.2, 0) is 16.1 Å². The highest BCUT2D eigenvalue weighted by molar-refractivity contribution is 6.32. The van der Waals surface area contributed by atoms with Crippen molar-refractivity contribution in [1.82, 2.24) is 10.2 Å². The summed E-state index contributed by atoms with van der Waals surface area (Å²) in [5.41, 5.74) is 2.51. The first-order chi connectivity index (χ1) is 14.6. The van der Waals surface area contributed by atoms with Crippen LogP contribution in [0.2, 0.25) is 10.0 Å². The van der Waals surface area contributed by atoms with Gasteiger partial charge in [0.25, 0.3) is 5.91 Å². The first kappa shape index (κ1) is 25.0. The van der Waals surface area contributed by atoms with Gasteiger partial charge in [0.2, 0.25) is 5.91 Å². The monoisotopic (exact) mass is 464 g/mol. The lowest BCUT2D eigenvalue weighted by Crippen LogP contribution is -2.49. The van der Waals surface area contributed by atoms with E-state index in [1.54, 1.807) is 25.1 Å². The molecule has 0 bridgehead atoms. The van der Waals surface area contributed by atoms with E-state index in [0.717, 1.165) is 16.7 Å². The molecular formula is C24H30Cl2N2O3. The van der Waals surface area contributed by atoms with Gasteiger partial charge >= 0.3 is 0 Å². The van der Waals surface area contributed by atoms with Gasteiger partial charge in [-0.3, -0.25) is 9.59 Å². The third-order valence-electron chi connectivity index (χ3n) is 4.92. The quantitative estimate of drug-likeness (QED) is 0.555. The van der Waals surface area contributed by atoms with Gasteiger partial charge in [0, 0.05) is 23.1 Å². The summed E-state index contributed by atoms with van der Waals surface area (Å²) in [5, 5.41) is 4.11. The molecule has 7 heteroatoms. The lowest BCUT2D eigenvalue weighted by atomic mass is 10.1. The average Bonchev–Trinajstić information content (AvgIpc) is 2.72. The summed E-state index contributed by atoms with van der Waals surface area (Å²) in [6, 6.07) is 10.2. The number of nitrogens with zero attached hydrogens (tertiary/aromatic N) is 1. The third kappa shape index (κ3) is 7.15. The van der Waals surface area contributed by atoms with Crippen molar-refractivity contribution in [1.29, 1.82) is 0 Å². The Morgan fingerprint density at radius 1 is 1.06 bits per heavy atom. The van der Waals surface area contributed by atoms with Gasteiger partial charge in [-0.2, -0.15) is 0 Å². The maximum atomic E-state index is 13.1. The molecule has 2 aromatic carbocycles. The molecule has 0 saturated carbocycles. The van der Waals surface area contributed by atoms with Crippen LogP contribution in [0.1, 0.15) is 37.5 Å². The van der Waals surface area contributed by atoms with E-state index in [2.05, 4.69) is 5.32 Å². The summed E-state index contributed by atoms with van der Waals surface area (Å²) in [7, 11) is 0. The Bertz CT molecular complexity index is 908. The van der Waals surface area contributed by atoms with Crippen LogP contribution >= 0.6 is 23.2 Å². The Hall–Kier alpha value is -2.24. The van der Waals surface area contributed by atoms with Crippen LogP contribution in [0.15, 0.2) is 36.4 Å². The van der Waals surface area contributed by atoms with E-state index in [0.29, 0.717) is 28.3 Å². The van der Waals surface area contributed by atoms with Gasteiger partial charge < -0.3 is 15.0 Å². The number of aryl methyl sites for hydroxylation is 2. The Morgan fingerprint density at radius 2 is 1.68 bits per heavy atom. The maximum Gasteiger partial charge on any atom is 0.261 e. The highest BCUT2D eigenvalue weighted by Gasteiger charge is 2.27. The van der Waals surface area contributed by atoms with Crippen molar-refractivity contribution < 1.29 is 14.3 Å². The number of carbonyl (C=O) groups excluding carboxylic acids is 2. The summed E-state index contributed by atoms with van der Waals surface area (Å²) in [6.07, 6.45) is 0. The number of nitrogens with one attached hydrogen (secondary N) is 1. The third-order valence-corrected chi connectivity index (χ3v) is 5.89. The number of amides is 2. The van der Waals surface area contributed by atoms with E-state index in [-0.39, 0.29) is 25.0 Å². The molecule has 31 heavy (non-hydrogen) atoms. The SMILES string of the molecule is Cc1cc(OCC(=O)N(Cc2ccccc2Cl)C(C)C(=O)NCC(C)C)cc(C)c1Cl. The number of benzene rings is 2. The van der Waals surface area contributed by atoms with Gasteiger partial charge in [-0.1, -0.05) is 55.2 Å². The van der Waals surface area contributed by atoms with Crippen molar-refractivity contribution in [2.75, 3.05) is 13.2 Å². The van der Waals surface area contributed by atoms with Gasteiger partial charge in [-0.15, -0.1) is 0 Å². The van der Waals surface area contributed by atoms with Crippen molar-refractivity contribution in [2.45, 2.75) is 47.2 Å². The molecule has 2 amide bonds. The highest BCUT2D eigenvalue weighted by atomic mass is 35.5. The van der Waals surface area contributed by atoms with Gasteiger partial charge in [-0.05, 0) is 61.6 Å². The summed E-state index contributed by atoms with van der Waals surface area (Å²) in [6.45, 7) is 10.1. The molecule has 0 radical (unpaired) electrons. The smallest absolute Gasteiger partial charge is 0.261 e. The largest absolute Gasteiger partial charge is 0.484 e. The van der Waals surface area contributed by atoms with E-state index in [1.165, 1.54) is 4.90 Å². The molecule has 168 valence electrons. The second kappa shape index (κ2) is 11.4. The second-order valence-electron chi connectivity index (χ2n) is 8.09. The molecular weight excluding hydrogens is 435 g/mol. The molecule has 0 spiro atoms. The predicted octanol–water partition coefficient (Wildman–Crippen LogP) is 5.18. The Kier molecular flexibility index (Phi) is 9.20. The van der Waals surface area contributed by atoms with Crippen molar-refractivity contribution in [2.24, 2.45) is 5.92 Å². The topological polar surface area (TPSA) is 58.6 Å². The van der Waals surface area contributed by atoms with Crippen LogP contribution in [0.4, 0.5) is 0 Å². The summed E-state index contributed by atoms with van der Waals surface area (Å²) >= 11 is 12.5. The zero-order valence-electron chi connectivity index (χ0n) is 18.7. The Balaban J connectivity index is 2.19. The average molecular weight is 465 g/mol. The number of halogens is 2. The Morgan fingerprint density at radius 3 is 2.26 bits per heavy atom. The van der Waals surface area contributed by atoms with Crippen LogP contribution < -0.4 is 10.1 Å². The predicted molar refractivity (Wildman–Crippen MR) is 126 cm³/mol. The van der Waals surface area contributed by atoms with Gasteiger partial charge in [0.15, 0.2) is 6.61 Å². The number of hydrogen-bond acceptors (Lipinski definition) is 3. The molecule has 5 nitrogen and oxygen atoms in total. The molecule has 0 saturated heterocycles. The summed E-state index contributed by atoms with van der Waals surface area (Å²) < 4.78 is 5.75. The standard InChI is InChI=1S/C24H30Cl2N2O3/c1-15(2)12-27-24(30)18(5)28(13-19-8-6-7-9-21(19)25)22(29)14-31-20-10-16(3)23(26)17(4)11-20/h6-11,15,18H,12-14H2,1-5H3,(H,27,30). The zero-order valence-corrected chi connectivity index (χ0v) is 20.2. The minimum Gasteiger partial charge on any atom is -0.484 e. The molecule has 1 N–H and O–H groups in total. The Labute approximate surface area is 194 Å². The van der Waals surface area contributed by atoms with E-state index in [4.69, 9.17) is 27.9 Å². The maximum absolute atomic E-state index is 13.1. The molecule has 0 aromatic heterocycles. The normalized spacial score (nSPS) is 11.9. The van der Waals surface area contributed by atoms with E-state index < -0.39 is 6.04 Å². The van der Waals surface area contributed by atoms with E-state index in [1.807, 2.05) is 45.9 Å². The molecule has 1 unspecified atom stereocenters. The van der Waals surface area contributed by atoms with Crippen LogP contribution in [-0.4, -0.2) is 35.9 Å². The van der Waals surface area contributed by atoms with Gasteiger partial charge in [0.05, 0.1) is 0 Å². The van der Waals surface area contributed by atoms with Gasteiger partial charge in [0.1, 0.15) is 11.8 Å². The summed E-state index contributed by atoms with van der Waals surface area (Å²) in [4.78, 5) is 27.3. The molecule has 0 aliphatic carbocycles. The summed E-state index contributed by atoms with van der Waals surface area (Å²) in [5.74, 6) is 0.343. The first-order valence-corrected chi connectivity index (χ1v) is 11.1. The van der Waals surface area contributed by atoms with E-state index in [9.17, 15) is 9.59 Å². The molecule has 2 aromatic rings. The molecule has 0 heterocycles. The molecule has 1 atom stereocenters. The highest BCUT2D eigenvalue weighted by Crippen LogP contribution is 2.26. The number of hydrogen-bond donors (Lipinski definition) is 1. The second-order valence-corrected chi connectivity index (χ2v) is 8.87. The van der Waals surface area contributed by atoms with Crippen LogP contribution in [0.25, 0.3) is 0 Å². The fourth-order valence-electron chi connectivity index (χ4n) is 3.06. The fourth-order valence-corrected chi connectivity index (χ4v) is 3.37. The molecule has 0 aliphatic rings. The minimum atomic E-state index is -0.681. The van der Waals surface area contributed by atoms with E-state index >= 15 is 0 Å².